The molecule has 74 valence electrons. The lowest BCUT2D eigenvalue weighted by Crippen LogP contribution is -2.28. The second-order valence-corrected chi connectivity index (χ2v) is 2.75. The number of rotatable bonds is 2. The van der Waals surface area contributed by atoms with Crippen LogP contribution in [0.4, 0.5) is 13.2 Å². The van der Waals surface area contributed by atoms with E-state index in [1.807, 2.05) is 0 Å². The minimum atomic E-state index is -4.45. The Balaban J connectivity index is 2.91. The van der Waals surface area contributed by atoms with Gasteiger partial charge in [-0.2, -0.15) is 13.2 Å². The maximum absolute atomic E-state index is 12.2. The summed E-state index contributed by atoms with van der Waals surface area (Å²) in [5.41, 5.74) is 0. The number of nitrogens with one attached hydrogen (secondary N) is 1. The molecule has 1 rings (SSSR count). The van der Waals surface area contributed by atoms with Crippen LogP contribution in [-0.4, -0.2) is 6.18 Å². The molecule has 1 aromatic heterocycles. The lowest BCUT2D eigenvalue weighted by molar-refractivity contribution is -0.156. The molecule has 0 spiro atoms. The van der Waals surface area contributed by atoms with Crippen LogP contribution in [0.25, 0.3) is 0 Å². The minimum absolute atomic E-state index is 0.236. The molecule has 1 heterocycles. The van der Waals surface area contributed by atoms with Crippen LogP contribution in [0.2, 0.25) is 0 Å². The van der Waals surface area contributed by atoms with E-state index >= 15 is 0 Å². The summed E-state index contributed by atoms with van der Waals surface area (Å²) in [7, 11) is 0. The van der Waals surface area contributed by atoms with Gasteiger partial charge in [-0.3, -0.25) is 0 Å². The quantitative estimate of drug-likeness (QED) is 0.765. The van der Waals surface area contributed by atoms with Crippen LogP contribution in [0.3, 0.4) is 0 Å². The van der Waals surface area contributed by atoms with Crippen LogP contribution >= 0.6 is 11.8 Å². The summed E-state index contributed by atoms with van der Waals surface area (Å²) >= 11 is 4.97. The number of aryl methyl sites for hydroxylation is 1. The van der Waals surface area contributed by atoms with Gasteiger partial charge in [-0.25, -0.2) is 4.84 Å². The molecule has 1 atom stereocenters. The first-order valence-corrected chi connectivity index (χ1v) is 3.82. The molecule has 0 aromatic carbocycles. The van der Waals surface area contributed by atoms with E-state index in [9.17, 15) is 13.2 Å². The smallest absolute Gasteiger partial charge is 0.412 e. The summed E-state index contributed by atoms with van der Waals surface area (Å²) < 4.78 is 41.4. The van der Waals surface area contributed by atoms with Crippen molar-refractivity contribution in [3.05, 3.63) is 23.7 Å². The van der Waals surface area contributed by atoms with Gasteiger partial charge in [-0.05, 0) is 30.8 Å². The summed E-state index contributed by atoms with van der Waals surface area (Å²) in [5, 5.41) is 0. The number of hydrogen-bond donors (Lipinski definition) is 1. The Kier molecular flexibility index (Phi) is 2.87. The summed E-state index contributed by atoms with van der Waals surface area (Å²) in [4.78, 5) is 1.63. The van der Waals surface area contributed by atoms with Crippen LogP contribution in [-0.2, 0) is 0 Å². The molecule has 6 heteroatoms. The lowest BCUT2D eigenvalue weighted by atomic mass is 10.2. The van der Waals surface area contributed by atoms with E-state index in [1.54, 1.807) is 11.8 Å². The Hall–Kier alpha value is -0.680. The van der Waals surface area contributed by atoms with Gasteiger partial charge in [0.1, 0.15) is 11.5 Å². The molecular weight excluding hydrogens is 207 g/mol. The Morgan fingerprint density at radius 1 is 1.46 bits per heavy atom. The first kappa shape index (κ1) is 10.4. The summed E-state index contributed by atoms with van der Waals surface area (Å²) in [6.07, 6.45) is -4.45. The molecular formula is C7H7ClF3NO. The van der Waals surface area contributed by atoms with Crippen LogP contribution in [0.5, 0.6) is 0 Å². The van der Waals surface area contributed by atoms with Gasteiger partial charge in [-0.1, -0.05) is 0 Å². The Morgan fingerprint density at radius 3 is 2.38 bits per heavy atom. The van der Waals surface area contributed by atoms with Gasteiger partial charge < -0.3 is 4.42 Å². The number of alkyl halides is 3. The van der Waals surface area contributed by atoms with Crippen molar-refractivity contribution in [3.8, 4) is 0 Å². The van der Waals surface area contributed by atoms with Crippen molar-refractivity contribution < 1.29 is 17.6 Å². The summed E-state index contributed by atoms with van der Waals surface area (Å²) in [5.74, 6) is 0.177. The highest BCUT2D eigenvalue weighted by molar-refractivity contribution is 6.13. The fourth-order valence-electron chi connectivity index (χ4n) is 0.886. The second kappa shape index (κ2) is 3.59. The highest BCUT2D eigenvalue weighted by Gasteiger charge is 2.42. The van der Waals surface area contributed by atoms with Gasteiger partial charge in [0.2, 0.25) is 0 Å². The Morgan fingerprint density at radius 2 is 2.08 bits per heavy atom. The molecule has 1 aromatic rings. The van der Waals surface area contributed by atoms with Gasteiger partial charge in [0.15, 0.2) is 6.04 Å². The standard InChI is InChI=1S/C7H7ClF3NO/c1-4-2-3-5(13-4)6(12-8)7(9,10)11/h2-3,6,12H,1H3/t6-/m0/s1. The molecule has 0 saturated heterocycles. The third kappa shape index (κ3) is 2.38. The molecule has 13 heavy (non-hydrogen) atoms. The topological polar surface area (TPSA) is 25.2 Å². The zero-order valence-corrected chi connectivity index (χ0v) is 7.41. The van der Waals surface area contributed by atoms with Crippen molar-refractivity contribution in [2.75, 3.05) is 0 Å². The molecule has 0 fully saturated rings. The van der Waals surface area contributed by atoms with Crippen LogP contribution < -0.4 is 4.84 Å². The van der Waals surface area contributed by atoms with Gasteiger partial charge in [0.25, 0.3) is 0 Å². The second-order valence-electron chi connectivity index (χ2n) is 2.53. The van der Waals surface area contributed by atoms with Crippen LogP contribution in [0.1, 0.15) is 17.6 Å². The van der Waals surface area contributed by atoms with Gasteiger partial charge >= 0.3 is 6.18 Å². The number of hydrogen-bond acceptors (Lipinski definition) is 2. The SMILES string of the molecule is Cc1ccc([C@H](NCl)C(F)(F)F)o1. The molecule has 0 aliphatic carbocycles. The molecule has 0 radical (unpaired) electrons. The molecule has 0 bridgehead atoms. The van der Waals surface area contributed by atoms with Crippen molar-refractivity contribution in [2.45, 2.75) is 19.1 Å². The predicted molar refractivity (Wildman–Crippen MR) is 41.2 cm³/mol. The maximum atomic E-state index is 12.2. The lowest BCUT2D eigenvalue weighted by Gasteiger charge is -2.15. The maximum Gasteiger partial charge on any atom is 0.412 e. The largest absolute Gasteiger partial charge is 0.464 e. The van der Waals surface area contributed by atoms with Gasteiger partial charge in [0, 0.05) is 0 Å². The first-order chi connectivity index (χ1) is 5.95. The van der Waals surface area contributed by atoms with Gasteiger partial charge in [-0.15, -0.1) is 0 Å². The third-order valence-corrected chi connectivity index (χ3v) is 1.70. The average molecular weight is 214 g/mol. The van der Waals surface area contributed by atoms with Crippen LogP contribution in [0, 0.1) is 6.92 Å². The fourth-order valence-corrected chi connectivity index (χ4v) is 1.12. The molecule has 0 aliphatic rings. The molecule has 0 amide bonds. The van der Waals surface area contributed by atoms with E-state index in [0.717, 1.165) is 0 Å². The highest BCUT2D eigenvalue weighted by atomic mass is 35.5. The van der Waals surface area contributed by atoms with Crippen molar-refractivity contribution in [1.82, 2.24) is 4.84 Å². The van der Waals surface area contributed by atoms with E-state index < -0.39 is 12.2 Å². The predicted octanol–water partition coefficient (Wildman–Crippen LogP) is 2.93. The van der Waals surface area contributed by atoms with Crippen molar-refractivity contribution in [3.63, 3.8) is 0 Å². The Labute approximate surface area is 77.8 Å². The van der Waals surface area contributed by atoms with Crippen LogP contribution in [0.15, 0.2) is 16.5 Å². The molecule has 0 aliphatic heterocycles. The van der Waals surface area contributed by atoms with Crippen molar-refractivity contribution >= 4 is 11.8 Å². The molecule has 0 saturated carbocycles. The minimum Gasteiger partial charge on any atom is -0.464 e. The van der Waals surface area contributed by atoms with E-state index in [4.69, 9.17) is 16.2 Å². The molecule has 1 N–H and O–H groups in total. The normalized spacial score (nSPS) is 14.5. The van der Waals surface area contributed by atoms with Gasteiger partial charge in [0.05, 0.1) is 0 Å². The average Bonchev–Trinajstić information content (AvgIpc) is 2.34. The Bertz CT molecular complexity index is 284. The third-order valence-electron chi connectivity index (χ3n) is 1.48. The van der Waals surface area contributed by atoms with E-state index in [-0.39, 0.29) is 5.76 Å². The molecule has 2 nitrogen and oxygen atoms in total. The summed E-state index contributed by atoms with van der Waals surface area (Å²) in [6, 6.07) is 0.730. The highest BCUT2D eigenvalue weighted by Crippen LogP contribution is 2.33. The number of furan rings is 1. The molecule has 0 unspecified atom stereocenters. The zero-order valence-electron chi connectivity index (χ0n) is 6.65. The van der Waals surface area contributed by atoms with Crippen molar-refractivity contribution in [2.24, 2.45) is 0 Å². The first-order valence-electron chi connectivity index (χ1n) is 3.44. The van der Waals surface area contributed by atoms with E-state index in [2.05, 4.69) is 0 Å². The number of halogens is 4. The van der Waals surface area contributed by atoms with Crippen molar-refractivity contribution in [1.29, 1.82) is 0 Å². The zero-order chi connectivity index (χ0) is 10.1. The van der Waals surface area contributed by atoms with E-state index in [1.165, 1.54) is 12.1 Å². The van der Waals surface area contributed by atoms with E-state index in [0.29, 0.717) is 5.76 Å². The monoisotopic (exact) mass is 213 g/mol. The summed E-state index contributed by atoms with van der Waals surface area (Å²) in [6.45, 7) is 1.56. The fraction of sp³-hybridized carbons (Fsp3) is 0.429.